The highest BCUT2D eigenvalue weighted by molar-refractivity contribution is 7.38. The van der Waals surface area contributed by atoms with E-state index in [1.807, 2.05) is 6.92 Å². The Morgan fingerprint density at radius 1 is 1.75 bits per heavy atom. The van der Waals surface area contributed by atoms with E-state index in [0.29, 0.717) is 0 Å². The smallest absolute Gasteiger partial charge is 0.161 e. The second kappa shape index (κ2) is 5.49. The van der Waals surface area contributed by atoms with E-state index in [-0.39, 0.29) is 18.1 Å². The molecule has 2 nitrogen and oxygen atoms in total. The third kappa shape index (κ3) is 4.51. The van der Waals surface area contributed by atoms with E-state index in [1.165, 1.54) is 0 Å². The van der Waals surface area contributed by atoms with Crippen molar-refractivity contribution in [2.75, 3.05) is 0 Å². The fourth-order valence-corrected chi connectivity index (χ4v) is 0.469. The standard InChI is InChI=1S/C4H9O2P.ClH/c1-3-4(2)7(5)6;/h4H,3H2,1-2H3;1H/p+1. The molecule has 8 heavy (non-hydrogen) atoms. The molecule has 0 saturated heterocycles. The van der Waals surface area contributed by atoms with Gasteiger partial charge in [-0.15, -0.1) is 12.4 Å². The van der Waals surface area contributed by atoms with Gasteiger partial charge in [-0.1, -0.05) is 6.92 Å². The molecule has 0 aromatic heterocycles. The molecule has 0 aliphatic heterocycles. The van der Waals surface area contributed by atoms with Gasteiger partial charge in [-0.3, -0.25) is 0 Å². The predicted molar refractivity (Wildman–Crippen MR) is 36.8 cm³/mol. The van der Waals surface area contributed by atoms with Gasteiger partial charge in [-0.25, -0.2) is 0 Å². The van der Waals surface area contributed by atoms with Gasteiger partial charge in [0, 0.05) is 0 Å². The van der Waals surface area contributed by atoms with Crippen LogP contribution in [0.25, 0.3) is 0 Å². The van der Waals surface area contributed by atoms with E-state index in [1.54, 1.807) is 6.92 Å². The van der Waals surface area contributed by atoms with Gasteiger partial charge in [0.2, 0.25) is 0 Å². The van der Waals surface area contributed by atoms with Crippen LogP contribution in [0, 0.1) is 0 Å². The zero-order chi connectivity index (χ0) is 5.86. The van der Waals surface area contributed by atoms with Crippen molar-refractivity contribution in [2.24, 2.45) is 0 Å². The molecule has 0 aromatic carbocycles. The van der Waals surface area contributed by atoms with Gasteiger partial charge in [0.1, 0.15) is 0 Å². The summed E-state index contributed by atoms with van der Waals surface area (Å²) in [5, 5.41) is 0. The van der Waals surface area contributed by atoms with Gasteiger partial charge in [0.05, 0.1) is 0 Å². The van der Waals surface area contributed by atoms with E-state index in [4.69, 9.17) is 4.89 Å². The lowest BCUT2D eigenvalue weighted by atomic mass is 10.4. The van der Waals surface area contributed by atoms with Crippen LogP contribution in [0.5, 0.6) is 0 Å². The van der Waals surface area contributed by atoms with E-state index in [9.17, 15) is 4.57 Å². The molecule has 0 aliphatic carbocycles. The second-order valence-corrected chi connectivity index (χ2v) is 3.05. The molecule has 2 unspecified atom stereocenters. The molecular weight excluding hydrogens is 146 g/mol. The normalized spacial score (nSPS) is 14.1. The Bertz CT molecular complexity index is 76.4. The SMILES string of the molecule is CCC(C)[P+](=O)O.Cl. The lowest BCUT2D eigenvalue weighted by molar-refractivity contribution is 0.490. The largest absolute Gasteiger partial charge is 0.508 e. The Morgan fingerprint density at radius 2 is 2.12 bits per heavy atom. The minimum atomic E-state index is -1.91. The van der Waals surface area contributed by atoms with Crippen LogP contribution >= 0.6 is 20.4 Å². The van der Waals surface area contributed by atoms with Crippen molar-refractivity contribution in [3.63, 3.8) is 0 Å². The third-order valence-electron chi connectivity index (χ3n) is 0.968. The summed E-state index contributed by atoms with van der Waals surface area (Å²) in [4.78, 5) is 8.33. The van der Waals surface area contributed by atoms with Crippen molar-refractivity contribution in [3.05, 3.63) is 0 Å². The zero-order valence-corrected chi connectivity index (χ0v) is 6.71. The topological polar surface area (TPSA) is 37.3 Å². The van der Waals surface area contributed by atoms with E-state index >= 15 is 0 Å². The molecule has 0 fully saturated rings. The molecule has 0 rings (SSSR count). The van der Waals surface area contributed by atoms with Gasteiger partial charge in [-0.05, 0) is 17.9 Å². The van der Waals surface area contributed by atoms with Crippen molar-refractivity contribution < 1.29 is 9.46 Å². The summed E-state index contributed by atoms with van der Waals surface area (Å²) in [7, 11) is -1.91. The minimum absolute atomic E-state index is 0. The van der Waals surface area contributed by atoms with Crippen molar-refractivity contribution in [3.8, 4) is 0 Å². The summed E-state index contributed by atoms with van der Waals surface area (Å²) in [6, 6.07) is 0. The van der Waals surface area contributed by atoms with Crippen LogP contribution in [-0.4, -0.2) is 10.6 Å². The van der Waals surface area contributed by atoms with Gasteiger partial charge >= 0.3 is 8.03 Å². The van der Waals surface area contributed by atoms with E-state index < -0.39 is 8.03 Å². The molecule has 2 atom stereocenters. The first kappa shape index (κ1) is 11.2. The molecule has 0 radical (unpaired) electrons. The summed E-state index contributed by atoms with van der Waals surface area (Å²) < 4.78 is 10.1. The highest BCUT2D eigenvalue weighted by atomic mass is 35.5. The molecule has 0 spiro atoms. The van der Waals surface area contributed by atoms with Crippen molar-refractivity contribution in [2.45, 2.75) is 25.9 Å². The van der Waals surface area contributed by atoms with Gasteiger partial charge in [0.15, 0.2) is 5.66 Å². The monoisotopic (exact) mass is 157 g/mol. The Labute approximate surface area is 56.6 Å². The van der Waals surface area contributed by atoms with Crippen molar-refractivity contribution >= 4 is 20.4 Å². The first-order valence-corrected chi connectivity index (χ1v) is 3.62. The van der Waals surface area contributed by atoms with Gasteiger partial charge in [0.25, 0.3) is 0 Å². The average Bonchev–Trinajstić information content (AvgIpc) is 1.65. The van der Waals surface area contributed by atoms with Crippen molar-refractivity contribution in [1.29, 1.82) is 0 Å². The quantitative estimate of drug-likeness (QED) is 0.622. The first-order chi connectivity index (χ1) is 3.18. The summed E-state index contributed by atoms with van der Waals surface area (Å²) in [6.45, 7) is 3.66. The molecule has 0 amide bonds. The Morgan fingerprint density at radius 3 is 2.12 bits per heavy atom. The third-order valence-corrected chi connectivity index (χ3v) is 2.09. The Hall–Kier alpha value is 0.350. The number of rotatable bonds is 2. The second-order valence-electron chi connectivity index (χ2n) is 1.56. The molecule has 1 N–H and O–H groups in total. The maximum absolute atomic E-state index is 10.1. The lowest BCUT2D eigenvalue weighted by Gasteiger charge is -1.83. The summed E-state index contributed by atoms with van der Waals surface area (Å²) in [6.07, 6.45) is 0.783. The zero-order valence-electron chi connectivity index (χ0n) is 5.00. The van der Waals surface area contributed by atoms with Crippen LogP contribution in [0.2, 0.25) is 0 Å². The van der Waals surface area contributed by atoms with Gasteiger partial charge in [-0.2, -0.15) is 4.89 Å². The molecule has 0 saturated carbocycles. The molecular formula is C4H11ClO2P+. The summed E-state index contributed by atoms with van der Waals surface area (Å²) in [5.74, 6) is 0. The highest BCUT2D eigenvalue weighted by Crippen LogP contribution is 2.23. The molecule has 4 heteroatoms. The molecule has 0 heterocycles. The maximum atomic E-state index is 10.1. The van der Waals surface area contributed by atoms with E-state index in [0.717, 1.165) is 6.42 Å². The first-order valence-electron chi connectivity index (χ1n) is 2.33. The number of hydrogen-bond donors (Lipinski definition) is 1. The number of hydrogen-bond acceptors (Lipinski definition) is 1. The van der Waals surface area contributed by atoms with Crippen LogP contribution in [0.1, 0.15) is 20.3 Å². The fraction of sp³-hybridized carbons (Fsp3) is 1.00. The van der Waals surface area contributed by atoms with Crippen LogP contribution in [0.4, 0.5) is 0 Å². The Balaban J connectivity index is 0. The predicted octanol–water partition coefficient (Wildman–Crippen LogP) is 1.94. The fourth-order valence-electron chi connectivity index (χ4n) is 0.156. The average molecular weight is 158 g/mol. The molecule has 0 aromatic rings. The van der Waals surface area contributed by atoms with Crippen LogP contribution in [0.3, 0.4) is 0 Å². The van der Waals surface area contributed by atoms with Crippen molar-refractivity contribution in [1.82, 2.24) is 0 Å². The molecule has 0 aliphatic rings. The summed E-state index contributed by atoms with van der Waals surface area (Å²) >= 11 is 0. The molecule has 0 bridgehead atoms. The lowest BCUT2D eigenvalue weighted by Crippen LogP contribution is -1.89. The van der Waals surface area contributed by atoms with Crippen LogP contribution < -0.4 is 0 Å². The van der Waals surface area contributed by atoms with Crippen LogP contribution in [-0.2, 0) is 4.57 Å². The van der Waals surface area contributed by atoms with Gasteiger partial charge < -0.3 is 0 Å². The number of halogens is 1. The highest BCUT2D eigenvalue weighted by Gasteiger charge is 2.19. The van der Waals surface area contributed by atoms with Crippen LogP contribution in [0.15, 0.2) is 0 Å². The Kier molecular flexibility index (Phi) is 7.67. The maximum Gasteiger partial charge on any atom is 0.508 e. The summed E-state index contributed by atoms with van der Waals surface area (Å²) in [5.41, 5.74) is -0.0324. The molecule has 50 valence electrons. The minimum Gasteiger partial charge on any atom is -0.161 e. The van der Waals surface area contributed by atoms with E-state index in [2.05, 4.69) is 0 Å².